The molecule has 1 fully saturated rings. The summed E-state index contributed by atoms with van der Waals surface area (Å²) >= 11 is 0. The van der Waals surface area contributed by atoms with E-state index in [1.807, 2.05) is 6.08 Å². The Kier molecular flexibility index (Phi) is 11.5. The molecule has 0 radical (unpaired) electrons. The third-order valence-corrected chi connectivity index (χ3v) is 5.14. The van der Waals surface area contributed by atoms with Gasteiger partial charge < -0.3 is 14.9 Å². The first-order chi connectivity index (χ1) is 12.5. The van der Waals surface area contributed by atoms with Crippen LogP contribution in [0.1, 0.15) is 64.7 Å². The average Bonchev–Trinajstić information content (AvgIpc) is 2.89. The molecule has 0 spiro atoms. The molecule has 1 rings (SSSR count). The molecule has 0 aromatic carbocycles. The fraction of sp³-hybridized carbons (Fsp3) is 0.762. The van der Waals surface area contributed by atoms with Crippen LogP contribution in [-0.2, 0) is 9.53 Å². The van der Waals surface area contributed by atoms with Gasteiger partial charge in [-0.3, -0.25) is 0 Å². The molecule has 0 aromatic heterocycles. The summed E-state index contributed by atoms with van der Waals surface area (Å²) in [6.45, 7) is 2.12. The number of halogens is 1. The number of hydrogen-bond acceptors (Lipinski definition) is 4. The SMILES string of the molecule is CCCCC[C@H](O)/C=C/[C@@H]1[C@@H](CCCC/C=C/C(=O)OC)[C@H](F)C[C@H]1O. The highest BCUT2D eigenvalue weighted by Gasteiger charge is 2.40. The number of hydrogen-bond donors (Lipinski definition) is 2. The highest BCUT2D eigenvalue weighted by molar-refractivity contribution is 5.81. The van der Waals surface area contributed by atoms with Gasteiger partial charge in [-0.05, 0) is 31.6 Å². The molecule has 5 atom stereocenters. The van der Waals surface area contributed by atoms with Gasteiger partial charge in [0.2, 0.25) is 0 Å². The van der Waals surface area contributed by atoms with Crippen LogP contribution in [0.2, 0.25) is 0 Å². The number of carbonyl (C=O) groups excluding carboxylic acids is 1. The summed E-state index contributed by atoms with van der Waals surface area (Å²) in [7, 11) is 1.34. The number of unbranched alkanes of at least 4 members (excludes halogenated alkanes) is 4. The van der Waals surface area contributed by atoms with E-state index < -0.39 is 18.4 Å². The van der Waals surface area contributed by atoms with Gasteiger partial charge >= 0.3 is 5.97 Å². The van der Waals surface area contributed by atoms with E-state index in [-0.39, 0.29) is 24.2 Å². The van der Waals surface area contributed by atoms with Crippen LogP contribution >= 0.6 is 0 Å². The van der Waals surface area contributed by atoms with E-state index in [0.29, 0.717) is 12.8 Å². The third-order valence-electron chi connectivity index (χ3n) is 5.14. The number of aliphatic hydroxyl groups excluding tert-OH is 2. The van der Waals surface area contributed by atoms with Gasteiger partial charge in [0.25, 0.3) is 0 Å². The van der Waals surface area contributed by atoms with Crippen molar-refractivity contribution in [2.24, 2.45) is 11.8 Å². The molecule has 1 aliphatic carbocycles. The van der Waals surface area contributed by atoms with Crippen molar-refractivity contribution in [2.75, 3.05) is 7.11 Å². The van der Waals surface area contributed by atoms with Gasteiger partial charge in [-0.25, -0.2) is 9.18 Å². The Morgan fingerprint density at radius 1 is 1.31 bits per heavy atom. The lowest BCUT2D eigenvalue weighted by Gasteiger charge is -2.20. The van der Waals surface area contributed by atoms with Gasteiger partial charge in [0.05, 0.1) is 19.3 Å². The summed E-state index contributed by atoms with van der Waals surface area (Å²) in [6, 6.07) is 0. The highest BCUT2D eigenvalue weighted by atomic mass is 19.1. The maximum atomic E-state index is 14.3. The van der Waals surface area contributed by atoms with Crippen molar-refractivity contribution in [1.29, 1.82) is 0 Å². The number of rotatable bonds is 12. The summed E-state index contributed by atoms with van der Waals surface area (Å²) < 4.78 is 18.8. The van der Waals surface area contributed by atoms with Crippen LogP contribution in [0.25, 0.3) is 0 Å². The second kappa shape index (κ2) is 13.0. The van der Waals surface area contributed by atoms with Crippen molar-refractivity contribution in [3.05, 3.63) is 24.3 Å². The van der Waals surface area contributed by atoms with E-state index in [0.717, 1.165) is 38.5 Å². The molecule has 0 bridgehead atoms. The zero-order valence-corrected chi connectivity index (χ0v) is 16.1. The quantitative estimate of drug-likeness (QED) is 0.235. The van der Waals surface area contributed by atoms with Crippen LogP contribution < -0.4 is 0 Å². The van der Waals surface area contributed by atoms with Crippen LogP contribution in [0, 0.1) is 11.8 Å². The van der Waals surface area contributed by atoms with Crippen molar-refractivity contribution in [3.8, 4) is 0 Å². The van der Waals surface area contributed by atoms with Gasteiger partial charge in [0.1, 0.15) is 6.17 Å². The fourth-order valence-corrected chi connectivity index (χ4v) is 3.58. The zero-order valence-electron chi connectivity index (χ0n) is 16.1. The molecule has 5 heteroatoms. The third kappa shape index (κ3) is 8.45. The first-order valence-corrected chi connectivity index (χ1v) is 9.92. The lowest BCUT2D eigenvalue weighted by atomic mass is 9.88. The fourth-order valence-electron chi connectivity index (χ4n) is 3.58. The van der Waals surface area contributed by atoms with Gasteiger partial charge in [0.15, 0.2) is 0 Å². The normalized spacial score (nSPS) is 27.4. The molecule has 1 aliphatic rings. The first-order valence-electron chi connectivity index (χ1n) is 9.92. The van der Waals surface area contributed by atoms with Crippen molar-refractivity contribution in [2.45, 2.75) is 83.1 Å². The molecule has 1 saturated carbocycles. The van der Waals surface area contributed by atoms with Crippen LogP contribution in [0.3, 0.4) is 0 Å². The summed E-state index contributed by atoms with van der Waals surface area (Å²) in [5, 5.41) is 20.2. The largest absolute Gasteiger partial charge is 0.466 e. The minimum Gasteiger partial charge on any atom is -0.466 e. The predicted octanol–water partition coefficient (Wildman–Crippen LogP) is 4.11. The molecule has 150 valence electrons. The van der Waals surface area contributed by atoms with Crippen LogP contribution in [-0.4, -0.2) is 41.7 Å². The number of ether oxygens (including phenoxy) is 1. The summed E-state index contributed by atoms with van der Waals surface area (Å²) in [5.74, 6) is -0.791. The smallest absolute Gasteiger partial charge is 0.330 e. The first kappa shape index (κ1) is 22.8. The number of carbonyl (C=O) groups is 1. The average molecular weight is 371 g/mol. The van der Waals surface area contributed by atoms with Gasteiger partial charge in [0, 0.05) is 18.4 Å². The topological polar surface area (TPSA) is 66.8 Å². The van der Waals surface area contributed by atoms with E-state index in [1.54, 1.807) is 12.2 Å². The monoisotopic (exact) mass is 370 g/mol. The minimum atomic E-state index is -0.998. The van der Waals surface area contributed by atoms with E-state index in [9.17, 15) is 19.4 Å². The number of alkyl halides is 1. The standard InChI is InChI=1S/C21H35FO4/c1-3-4-7-10-16(23)13-14-18-17(19(22)15-20(18)24)11-8-5-6-9-12-21(25)26-2/h9,12-14,16-20,23-24H,3-8,10-11,15H2,1-2H3/b12-9+,14-13+/t16-,17+,18+,19+,20+/m0/s1. The van der Waals surface area contributed by atoms with Crippen LogP contribution in [0.5, 0.6) is 0 Å². The number of allylic oxidation sites excluding steroid dienone is 1. The molecule has 0 aromatic rings. The molecule has 0 amide bonds. The number of esters is 1. The second-order valence-electron chi connectivity index (χ2n) is 7.22. The Morgan fingerprint density at radius 3 is 2.77 bits per heavy atom. The molecule has 0 aliphatic heterocycles. The van der Waals surface area contributed by atoms with E-state index >= 15 is 0 Å². The molecule has 0 heterocycles. The van der Waals surface area contributed by atoms with Gasteiger partial charge in [-0.15, -0.1) is 0 Å². The highest BCUT2D eigenvalue weighted by Crippen LogP contribution is 2.39. The molecular formula is C21H35FO4. The molecule has 2 N–H and O–H groups in total. The summed E-state index contributed by atoms with van der Waals surface area (Å²) in [6.07, 6.45) is 11.8. The summed E-state index contributed by atoms with van der Waals surface area (Å²) in [5.41, 5.74) is 0. The Bertz CT molecular complexity index is 449. The van der Waals surface area contributed by atoms with E-state index in [4.69, 9.17) is 0 Å². The minimum absolute atomic E-state index is 0.174. The molecular weight excluding hydrogens is 335 g/mol. The molecule has 4 nitrogen and oxygen atoms in total. The van der Waals surface area contributed by atoms with Gasteiger partial charge in [-0.1, -0.05) is 50.8 Å². The van der Waals surface area contributed by atoms with Gasteiger partial charge in [-0.2, -0.15) is 0 Å². The molecule has 0 saturated heterocycles. The molecule has 0 unspecified atom stereocenters. The molecule has 26 heavy (non-hydrogen) atoms. The van der Waals surface area contributed by atoms with Crippen molar-refractivity contribution >= 4 is 5.97 Å². The van der Waals surface area contributed by atoms with Crippen LogP contribution in [0.4, 0.5) is 4.39 Å². The Morgan fingerprint density at radius 2 is 2.08 bits per heavy atom. The maximum Gasteiger partial charge on any atom is 0.330 e. The van der Waals surface area contributed by atoms with Crippen LogP contribution in [0.15, 0.2) is 24.3 Å². The van der Waals surface area contributed by atoms with Crippen molar-refractivity contribution < 1.29 is 24.1 Å². The van der Waals surface area contributed by atoms with E-state index in [2.05, 4.69) is 11.7 Å². The second-order valence-corrected chi connectivity index (χ2v) is 7.22. The maximum absolute atomic E-state index is 14.3. The predicted molar refractivity (Wildman–Crippen MR) is 101 cm³/mol. The van der Waals surface area contributed by atoms with Crippen molar-refractivity contribution in [1.82, 2.24) is 0 Å². The number of aliphatic hydroxyl groups is 2. The lowest BCUT2D eigenvalue weighted by molar-refractivity contribution is -0.134. The zero-order chi connectivity index (χ0) is 19.4. The lowest BCUT2D eigenvalue weighted by Crippen LogP contribution is -2.19. The Hall–Kier alpha value is -1.20. The summed E-state index contributed by atoms with van der Waals surface area (Å²) in [4.78, 5) is 11.0. The van der Waals surface area contributed by atoms with Crippen molar-refractivity contribution in [3.63, 3.8) is 0 Å². The Balaban J connectivity index is 2.41. The number of methoxy groups -OCH3 is 1. The Labute approximate surface area is 157 Å². The van der Waals surface area contributed by atoms with E-state index in [1.165, 1.54) is 13.2 Å².